The van der Waals surface area contributed by atoms with E-state index in [0.717, 1.165) is 31.5 Å². The lowest BCUT2D eigenvalue weighted by Gasteiger charge is -2.06. The molecule has 0 bridgehead atoms. The molecule has 1 heterocycles. The van der Waals surface area contributed by atoms with E-state index in [4.69, 9.17) is 4.74 Å². The summed E-state index contributed by atoms with van der Waals surface area (Å²) in [6.45, 7) is 4.62. The molecule has 0 radical (unpaired) electrons. The number of fused-ring (bicyclic) bond motifs is 1. The van der Waals surface area contributed by atoms with Crippen LogP contribution in [0.2, 0.25) is 0 Å². The smallest absolute Gasteiger partial charge is 0.149 e. The van der Waals surface area contributed by atoms with Crippen LogP contribution in [0.3, 0.4) is 0 Å². The first kappa shape index (κ1) is 16.5. The van der Waals surface area contributed by atoms with Gasteiger partial charge in [-0.1, -0.05) is 12.1 Å². The summed E-state index contributed by atoms with van der Waals surface area (Å²) in [4.78, 5) is 7.74. The molecule has 0 aliphatic carbocycles. The lowest BCUT2D eigenvalue weighted by molar-refractivity contribution is 0.338. The Kier molecular flexibility index (Phi) is 4.86. The molecule has 0 aliphatic heterocycles. The minimum Gasteiger partial charge on any atom is -0.493 e. The molecule has 1 N–H and O–H groups in total. The summed E-state index contributed by atoms with van der Waals surface area (Å²) < 4.78 is 6.56. The second-order valence-corrected chi connectivity index (χ2v) is 6.56. The molecule has 5 heteroatoms. The molecule has 120 valence electrons. The van der Waals surface area contributed by atoms with Gasteiger partial charge in [-0.2, -0.15) is 5.26 Å². The fourth-order valence-electron chi connectivity index (χ4n) is 2.45. The van der Waals surface area contributed by atoms with Gasteiger partial charge in [0.2, 0.25) is 0 Å². The monoisotopic (exact) mass is 429 g/mol. The highest BCUT2D eigenvalue weighted by Crippen LogP contribution is 2.25. The highest BCUT2D eigenvalue weighted by atomic mass is 127. The second kappa shape index (κ2) is 7.05. The third-order valence-corrected chi connectivity index (χ3v) is 4.42. The van der Waals surface area contributed by atoms with Crippen LogP contribution >= 0.6 is 22.6 Å². The average molecular weight is 429 g/mol. The van der Waals surface area contributed by atoms with E-state index in [2.05, 4.69) is 38.6 Å². The summed E-state index contributed by atoms with van der Waals surface area (Å²) in [5.41, 5.74) is 4.39. The van der Waals surface area contributed by atoms with Crippen LogP contribution in [0.25, 0.3) is 22.7 Å². The predicted molar refractivity (Wildman–Crippen MR) is 105 cm³/mol. The van der Waals surface area contributed by atoms with Crippen LogP contribution in [0.15, 0.2) is 36.4 Å². The van der Waals surface area contributed by atoms with E-state index in [-0.39, 0.29) is 0 Å². The summed E-state index contributed by atoms with van der Waals surface area (Å²) in [5.74, 6) is 1.44. The third-order valence-electron chi connectivity index (χ3n) is 3.58. The van der Waals surface area contributed by atoms with Gasteiger partial charge in [-0.15, -0.1) is 0 Å². The molecule has 3 aromatic rings. The number of allylic oxidation sites excluding steroid dienone is 1. The van der Waals surface area contributed by atoms with Crippen molar-refractivity contribution in [2.45, 2.75) is 13.8 Å². The SMILES string of the molecule is CCOc1ccc(/C=C(/C#N)c2nc3ccc(C)cc3[nH]2)cc1I. The van der Waals surface area contributed by atoms with Crippen LogP contribution in [-0.2, 0) is 0 Å². The van der Waals surface area contributed by atoms with Crippen LogP contribution < -0.4 is 4.74 Å². The Balaban J connectivity index is 1.99. The molecule has 0 spiro atoms. The lowest BCUT2D eigenvalue weighted by atomic mass is 10.1. The van der Waals surface area contributed by atoms with Gasteiger partial charge in [0.15, 0.2) is 0 Å². The number of H-pyrrole nitrogens is 1. The number of aromatic nitrogens is 2. The fraction of sp³-hybridized carbons (Fsp3) is 0.158. The van der Waals surface area contributed by atoms with Crippen molar-refractivity contribution in [1.82, 2.24) is 9.97 Å². The molecule has 3 rings (SSSR count). The lowest BCUT2D eigenvalue weighted by Crippen LogP contribution is -1.94. The molecule has 4 nitrogen and oxygen atoms in total. The first-order chi connectivity index (χ1) is 11.6. The molecule has 0 fully saturated rings. The van der Waals surface area contributed by atoms with Crippen molar-refractivity contribution in [3.8, 4) is 11.8 Å². The zero-order valence-electron chi connectivity index (χ0n) is 13.4. The van der Waals surface area contributed by atoms with Crippen LogP contribution in [0.1, 0.15) is 23.9 Å². The van der Waals surface area contributed by atoms with Crippen LogP contribution in [0.4, 0.5) is 0 Å². The Hall–Kier alpha value is -2.33. The number of halogens is 1. The van der Waals surface area contributed by atoms with Gasteiger partial charge in [-0.25, -0.2) is 4.98 Å². The Labute approximate surface area is 154 Å². The van der Waals surface area contributed by atoms with E-state index in [1.807, 2.05) is 56.3 Å². The van der Waals surface area contributed by atoms with Crippen LogP contribution in [-0.4, -0.2) is 16.6 Å². The van der Waals surface area contributed by atoms with Gasteiger partial charge in [0.05, 0.1) is 26.8 Å². The average Bonchev–Trinajstić information content (AvgIpc) is 2.98. The predicted octanol–water partition coefficient (Wildman–Crippen LogP) is 4.94. The fourth-order valence-corrected chi connectivity index (χ4v) is 3.15. The summed E-state index contributed by atoms with van der Waals surface area (Å²) in [6.07, 6.45) is 1.84. The Morgan fingerprint density at radius 3 is 2.88 bits per heavy atom. The Morgan fingerprint density at radius 2 is 2.17 bits per heavy atom. The number of ether oxygens (including phenoxy) is 1. The number of imidazole rings is 1. The van der Waals surface area contributed by atoms with Crippen molar-refractivity contribution < 1.29 is 4.74 Å². The maximum absolute atomic E-state index is 9.52. The van der Waals surface area contributed by atoms with Crippen molar-refractivity contribution in [1.29, 1.82) is 5.26 Å². The van der Waals surface area contributed by atoms with E-state index >= 15 is 0 Å². The summed E-state index contributed by atoms with van der Waals surface area (Å²) in [5, 5.41) is 9.52. The Bertz CT molecular complexity index is 966. The molecular weight excluding hydrogens is 413 g/mol. The number of nitriles is 1. The number of rotatable bonds is 4. The van der Waals surface area contributed by atoms with Crippen molar-refractivity contribution in [2.75, 3.05) is 6.61 Å². The van der Waals surface area contributed by atoms with E-state index in [0.29, 0.717) is 18.0 Å². The Morgan fingerprint density at radius 1 is 1.33 bits per heavy atom. The first-order valence-corrected chi connectivity index (χ1v) is 8.69. The topological polar surface area (TPSA) is 61.7 Å². The zero-order chi connectivity index (χ0) is 17.1. The quantitative estimate of drug-likeness (QED) is 0.472. The number of nitrogens with zero attached hydrogens (tertiary/aromatic N) is 2. The van der Waals surface area contributed by atoms with E-state index in [1.54, 1.807) is 0 Å². The summed E-state index contributed by atoms with van der Waals surface area (Å²) in [7, 11) is 0. The molecule has 0 unspecified atom stereocenters. The molecule has 0 saturated heterocycles. The van der Waals surface area contributed by atoms with Gasteiger partial charge >= 0.3 is 0 Å². The van der Waals surface area contributed by atoms with Gasteiger partial charge < -0.3 is 9.72 Å². The second-order valence-electron chi connectivity index (χ2n) is 5.40. The maximum Gasteiger partial charge on any atom is 0.149 e. The highest BCUT2D eigenvalue weighted by Gasteiger charge is 2.09. The van der Waals surface area contributed by atoms with Crippen LogP contribution in [0, 0.1) is 21.8 Å². The number of aryl methyl sites for hydroxylation is 1. The van der Waals surface area contributed by atoms with E-state index < -0.39 is 0 Å². The highest BCUT2D eigenvalue weighted by molar-refractivity contribution is 14.1. The summed E-state index contributed by atoms with van der Waals surface area (Å²) in [6, 6.07) is 14.1. The van der Waals surface area contributed by atoms with Gasteiger partial charge in [0.25, 0.3) is 0 Å². The molecule has 24 heavy (non-hydrogen) atoms. The minimum atomic E-state index is 0.504. The largest absolute Gasteiger partial charge is 0.493 e. The minimum absolute atomic E-state index is 0.504. The number of hydrogen-bond acceptors (Lipinski definition) is 3. The normalized spacial score (nSPS) is 11.5. The molecule has 0 amide bonds. The van der Waals surface area contributed by atoms with E-state index in [1.165, 1.54) is 0 Å². The molecular formula is C19H16IN3O. The van der Waals surface area contributed by atoms with Gasteiger partial charge in [-0.05, 0) is 77.9 Å². The van der Waals surface area contributed by atoms with Gasteiger partial charge in [-0.3, -0.25) is 0 Å². The van der Waals surface area contributed by atoms with Crippen LogP contribution in [0.5, 0.6) is 5.75 Å². The molecule has 1 aromatic heterocycles. The standard InChI is InChI=1S/C19H16IN3O/c1-3-24-18-7-5-13(10-15(18)20)9-14(11-21)19-22-16-6-4-12(2)8-17(16)23-19/h4-10H,3H2,1-2H3,(H,22,23)/b14-9-. The van der Waals surface area contributed by atoms with Crippen molar-refractivity contribution in [3.63, 3.8) is 0 Å². The van der Waals surface area contributed by atoms with E-state index in [9.17, 15) is 5.26 Å². The van der Waals surface area contributed by atoms with Crippen molar-refractivity contribution >= 4 is 45.3 Å². The molecule has 0 atom stereocenters. The number of hydrogen-bond donors (Lipinski definition) is 1. The molecule has 0 aliphatic rings. The summed E-state index contributed by atoms with van der Waals surface area (Å²) >= 11 is 2.24. The number of aromatic amines is 1. The van der Waals surface area contributed by atoms with Gasteiger partial charge in [0.1, 0.15) is 17.6 Å². The maximum atomic E-state index is 9.52. The van der Waals surface area contributed by atoms with Gasteiger partial charge in [0, 0.05) is 0 Å². The third kappa shape index (κ3) is 3.44. The molecule has 2 aromatic carbocycles. The van der Waals surface area contributed by atoms with Crippen molar-refractivity contribution in [3.05, 3.63) is 56.9 Å². The zero-order valence-corrected chi connectivity index (χ0v) is 15.6. The number of nitrogens with one attached hydrogen (secondary N) is 1. The first-order valence-electron chi connectivity index (χ1n) is 7.61. The molecule has 0 saturated carbocycles. The van der Waals surface area contributed by atoms with Crippen molar-refractivity contribution in [2.24, 2.45) is 0 Å². The number of benzene rings is 2.